The highest BCUT2D eigenvalue weighted by molar-refractivity contribution is 9.10. The number of aliphatic hydroxyl groups excluding tert-OH is 1. The molecule has 0 heterocycles. The molecule has 0 unspecified atom stereocenters. The highest BCUT2D eigenvalue weighted by Crippen LogP contribution is 2.42. The highest BCUT2D eigenvalue weighted by atomic mass is 79.9. The Kier molecular flexibility index (Phi) is 3.17. The minimum atomic E-state index is -1.30. The fourth-order valence-electron chi connectivity index (χ4n) is 1.97. The number of ketones is 2. The lowest BCUT2D eigenvalue weighted by atomic mass is 9.98. The number of benzene rings is 1. The Hall–Kier alpha value is -1.04. The molecule has 0 atom stereocenters. The number of carbonyl (C=O) groups is 2. The standard InChI is InChI=1S/C13H14BrNO3/c1-12(2,7-16)15-13(10(17)11(13)18)8-5-3-4-6-9(8)14/h3-6,15-16H,7H2,1-2H3. The molecule has 2 rings (SSSR count). The first-order valence-electron chi connectivity index (χ1n) is 5.59. The van der Waals surface area contributed by atoms with Crippen molar-refractivity contribution in [2.24, 2.45) is 0 Å². The zero-order valence-corrected chi connectivity index (χ0v) is 11.7. The van der Waals surface area contributed by atoms with Gasteiger partial charge in [-0.05, 0) is 19.9 Å². The van der Waals surface area contributed by atoms with Gasteiger partial charge >= 0.3 is 0 Å². The molecular formula is C13H14BrNO3. The molecule has 0 radical (unpaired) electrons. The molecule has 1 aromatic rings. The van der Waals surface area contributed by atoms with Gasteiger partial charge in [-0.1, -0.05) is 34.1 Å². The predicted octanol–water partition coefficient (Wildman–Crippen LogP) is 1.16. The van der Waals surface area contributed by atoms with Gasteiger partial charge in [-0.25, -0.2) is 0 Å². The van der Waals surface area contributed by atoms with E-state index >= 15 is 0 Å². The Morgan fingerprint density at radius 3 is 2.28 bits per heavy atom. The molecule has 0 amide bonds. The Balaban J connectivity index is 2.46. The molecule has 96 valence electrons. The van der Waals surface area contributed by atoms with Crippen molar-refractivity contribution in [1.82, 2.24) is 5.32 Å². The van der Waals surface area contributed by atoms with Crippen LogP contribution in [0.4, 0.5) is 0 Å². The summed E-state index contributed by atoms with van der Waals surface area (Å²) in [7, 11) is 0. The molecule has 1 aromatic carbocycles. The summed E-state index contributed by atoms with van der Waals surface area (Å²) in [4.78, 5) is 23.5. The van der Waals surface area contributed by atoms with Crippen molar-refractivity contribution in [2.45, 2.75) is 24.9 Å². The van der Waals surface area contributed by atoms with Gasteiger partial charge in [0.15, 0.2) is 5.54 Å². The number of hydrogen-bond acceptors (Lipinski definition) is 4. The highest BCUT2D eigenvalue weighted by Gasteiger charge is 2.68. The Morgan fingerprint density at radius 2 is 1.83 bits per heavy atom. The van der Waals surface area contributed by atoms with E-state index < -0.39 is 22.6 Å². The molecule has 1 aliphatic rings. The molecule has 4 nitrogen and oxygen atoms in total. The minimum absolute atomic E-state index is 0.167. The van der Waals surface area contributed by atoms with Crippen molar-refractivity contribution in [2.75, 3.05) is 6.61 Å². The zero-order valence-electron chi connectivity index (χ0n) is 10.2. The Labute approximate surface area is 114 Å². The van der Waals surface area contributed by atoms with Crippen LogP contribution in [0.25, 0.3) is 0 Å². The summed E-state index contributed by atoms with van der Waals surface area (Å²) in [6.45, 7) is 3.31. The second kappa shape index (κ2) is 4.26. The first-order chi connectivity index (χ1) is 8.35. The van der Waals surface area contributed by atoms with E-state index in [0.29, 0.717) is 10.0 Å². The maximum Gasteiger partial charge on any atom is 0.233 e. The second-order valence-electron chi connectivity index (χ2n) is 5.06. The summed E-state index contributed by atoms with van der Waals surface area (Å²) in [5, 5.41) is 12.2. The van der Waals surface area contributed by atoms with Crippen molar-refractivity contribution in [3.8, 4) is 0 Å². The van der Waals surface area contributed by atoms with E-state index in [2.05, 4.69) is 21.2 Å². The van der Waals surface area contributed by atoms with Crippen LogP contribution in [-0.4, -0.2) is 28.8 Å². The summed E-state index contributed by atoms with van der Waals surface area (Å²) in [6.07, 6.45) is 0. The largest absolute Gasteiger partial charge is 0.394 e. The number of rotatable bonds is 4. The Morgan fingerprint density at radius 1 is 1.28 bits per heavy atom. The molecule has 0 bridgehead atoms. The third-order valence-corrected chi connectivity index (χ3v) is 3.72. The first kappa shape index (κ1) is 13.4. The van der Waals surface area contributed by atoms with Gasteiger partial charge < -0.3 is 5.11 Å². The van der Waals surface area contributed by atoms with Crippen molar-refractivity contribution in [1.29, 1.82) is 0 Å². The van der Waals surface area contributed by atoms with E-state index in [0.717, 1.165) is 0 Å². The molecular weight excluding hydrogens is 298 g/mol. The van der Waals surface area contributed by atoms with Gasteiger partial charge in [-0.2, -0.15) is 0 Å². The van der Waals surface area contributed by atoms with Crippen molar-refractivity contribution in [3.05, 3.63) is 34.3 Å². The quantitative estimate of drug-likeness (QED) is 0.647. The smallest absolute Gasteiger partial charge is 0.233 e. The molecule has 18 heavy (non-hydrogen) atoms. The van der Waals surface area contributed by atoms with Crippen LogP contribution in [0.15, 0.2) is 28.7 Å². The van der Waals surface area contributed by atoms with Crippen LogP contribution in [0.1, 0.15) is 19.4 Å². The second-order valence-corrected chi connectivity index (χ2v) is 5.91. The van der Waals surface area contributed by atoms with Crippen LogP contribution >= 0.6 is 15.9 Å². The van der Waals surface area contributed by atoms with Crippen LogP contribution in [0.3, 0.4) is 0 Å². The van der Waals surface area contributed by atoms with E-state index in [-0.39, 0.29) is 6.61 Å². The summed E-state index contributed by atoms with van der Waals surface area (Å²) in [5.74, 6) is -0.924. The van der Waals surface area contributed by atoms with E-state index in [1.807, 2.05) is 6.07 Å². The fraction of sp³-hybridized carbons (Fsp3) is 0.385. The fourth-order valence-corrected chi connectivity index (χ4v) is 2.56. The number of carbonyl (C=O) groups excluding carboxylic acids is 2. The van der Waals surface area contributed by atoms with Crippen LogP contribution < -0.4 is 5.32 Å². The lowest BCUT2D eigenvalue weighted by Crippen LogP contribution is -2.50. The van der Waals surface area contributed by atoms with Crippen molar-refractivity contribution < 1.29 is 14.7 Å². The van der Waals surface area contributed by atoms with Crippen LogP contribution in [0.5, 0.6) is 0 Å². The van der Waals surface area contributed by atoms with Gasteiger partial charge in [0.05, 0.1) is 6.61 Å². The minimum Gasteiger partial charge on any atom is -0.394 e. The molecule has 2 N–H and O–H groups in total. The summed E-state index contributed by atoms with van der Waals surface area (Å²) < 4.78 is 0.699. The summed E-state index contributed by atoms with van der Waals surface area (Å²) in [6, 6.07) is 7.10. The Bertz CT molecular complexity index is 511. The molecule has 0 spiro atoms. The number of nitrogens with one attached hydrogen (secondary N) is 1. The van der Waals surface area contributed by atoms with Crippen LogP contribution in [-0.2, 0) is 15.1 Å². The topological polar surface area (TPSA) is 66.4 Å². The molecule has 1 saturated carbocycles. The SMILES string of the molecule is CC(C)(CO)NC1(c2ccccc2Br)C(=O)C1=O. The lowest BCUT2D eigenvalue weighted by Gasteiger charge is -2.28. The number of aliphatic hydroxyl groups is 1. The molecule has 0 aromatic heterocycles. The van der Waals surface area contributed by atoms with Crippen LogP contribution in [0, 0.1) is 0 Å². The monoisotopic (exact) mass is 311 g/mol. The van der Waals surface area contributed by atoms with Gasteiger partial charge in [0, 0.05) is 15.6 Å². The molecule has 0 saturated heterocycles. The van der Waals surface area contributed by atoms with Gasteiger partial charge in [-0.15, -0.1) is 0 Å². The third-order valence-electron chi connectivity index (χ3n) is 3.02. The average Bonchev–Trinajstić information content (AvgIpc) is 2.83. The summed E-state index contributed by atoms with van der Waals surface area (Å²) in [5.41, 5.74) is -1.41. The normalized spacial score (nSPS) is 18.0. The van der Waals surface area contributed by atoms with Crippen molar-refractivity contribution in [3.63, 3.8) is 0 Å². The molecule has 0 aliphatic heterocycles. The third kappa shape index (κ3) is 1.92. The number of Topliss-reactive ketones (excluding diaryl/α,β-unsaturated/α-hetero) is 2. The average molecular weight is 312 g/mol. The zero-order chi connectivity index (χ0) is 13.6. The van der Waals surface area contributed by atoms with E-state index in [1.165, 1.54) is 0 Å². The van der Waals surface area contributed by atoms with Crippen LogP contribution in [0.2, 0.25) is 0 Å². The number of hydrogen-bond donors (Lipinski definition) is 2. The van der Waals surface area contributed by atoms with Gasteiger partial charge in [0.1, 0.15) is 0 Å². The van der Waals surface area contributed by atoms with E-state index in [9.17, 15) is 14.7 Å². The van der Waals surface area contributed by atoms with Gasteiger partial charge in [0.2, 0.25) is 11.6 Å². The maximum atomic E-state index is 11.8. The summed E-state index contributed by atoms with van der Waals surface area (Å²) >= 11 is 3.35. The van der Waals surface area contributed by atoms with E-state index in [4.69, 9.17) is 0 Å². The van der Waals surface area contributed by atoms with Crippen molar-refractivity contribution >= 4 is 27.5 Å². The van der Waals surface area contributed by atoms with E-state index in [1.54, 1.807) is 32.0 Å². The predicted molar refractivity (Wildman–Crippen MR) is 70.1 cm³/mol. The molecule has 5 heteroatoms. The molecule has 1 fully saturated rings. The first-order valence-corrected chi connectivity index (χ1v) is 6.39. The lowest BCUT2D eigenvalue weighted by molar-refractivity contribution is -0.122. The van der Waals surface area contributed by atoms with Gasteiger partial charge in [0.25, 0.3) is 0 Å². The number of halogens is 1. The maximum absolute atomic E-state index is 11.8. The molecule has 1 aliphatic carbocycles. The van der Waals surface area contributed by atoms with Gasteiger partial charge in [-0.3, -0.25) is 14.9 Å².